The summed E-state index contributed by atoms with van der Waals surface area (Å²) in [5.41, 5.74) is 1.23. The van der Waals surface area contributed by atoms with E-state index in [9.17, 15) is 0 Å². The van der Waals surface area contributed by atoms with E-state index in [2.05, 4.69) is 37.9 Å². The van der Waals surface area contributed by atoms with Gasteiger partial charge < -0.3 is 5.32 Å². The Morgan fingerprint density at radius 3 is 2.76 bits per heavy atom. The average molecular weight is 329 g/mol. The molecule has 2 unspecified atom stereocenters. The predicted molar refractivity (Wildman–Crippen MR) is 92.2 cm³/mol. The number of rotatable bonds is 4. The Balaban J connectivity index is 2.16. The van der Waals surface area contributed by atoms with E-state index >= 15 is 0 Å². The fourth-order valence-corrected chi connectivity index (χ4v) is 3.23. The second-order valence-corrected chi connectivity index (χ2v) is 7.65. The summed E-state index contributed by atoms with van der Waals surface area (Å²) >= 11 is 12.5. The maximum absolute atomic E-state index is 6.33. The molecule has 1 aromatic carbocycles. The molecule has 1 aliphatic heterocycles. The third-order valence-electron chi connectivity index (χ3n) is 4.77. The van der Waals surface area contributed by atoms with Crippen LogP contribution >= 0.6 is 23.2 Å². The molecule has 1 N–H and O–H groups in total. The lowest BCUT2D eigenvalue weighted by Gasteiger charge is -2.47. The van der Waals surface area contributed by atoms with Crippen molar-refractivity contribution in [3.05, 3.63) is 33.8 Å². The van der Waals surface area contributed by atoms with Crippen molar-refractivity contribution in [1.29, 1.82) is 0 Å². The molecule has 0 saturated carbocycles. The summed E-state index contributed by atoms with van der Waals surface area (Å²) < 4.78 is 0. The zero-order valence-corrected chi connectivity index (χ0v) is 14.9. The maximum atomic E-state index is 6.33. The molecule has 0 bridgehead atoms. The van der Waals surface area contributed by atoms with Gasteiger partial charge in [0.15, 0.2) is 0 Å². The highest BCUT2D eigenvalue weighted by Crippen LogP contribution is 2.28. The molecular weight excluding hydrogens is 303 g/mol. The molecule has 2 rings (SSSR count). The van der Waals surface area contributed by atoms with Crippen molar-refractivity contribution in [2.24, 2.45) is 5.92 Å². The van der Waals surface area contributed by atoms with Gasteiger partial charge in [0.05, 0.1) is 0 Å². The van der Waals surface area contributed by atoms with Gasteiger partial charge in [-0.1, -0.05) is 43.5 Å². The Hall–Kier alpha value is -0.280. The first kappa shape index (κ1) is 17.1. The van der Waals surface area contributed by atoms with Crippen molar-refractivity contribution in [3.8, 4) is 0 Å². The van der Waals surface area contributed by atoms with Crippen LogP contribution in [0.4, 0.5) is 0 Å². The molecule has 1 heterocycles. The minimum Gasteiger partial charge on any atom is -0.311 e. The van der Waals surface area contributed by atoms with Crippen molar-refractivity contribution in [2.45, 2.75) is 52.2 Å². The smallest absolute Gasteiger partial charge is 0.0452 e. The molecule has 2 atom stereocenters. The Morgan fingerprint density at radius 1 is 1.38 bits per heavy atom. The fraction of sp³-hybridized carbons (Fsp3) is 0.647. The summed E-state index contributed by atoms with van der Waals surface area (Å²) in [5, 5.41) is 5.25. The molecule has 1 saturated heterocycles. The van der Waals surface area contributed by atoms with Gasteiger partial charge in [-0.05, 0) is 43.5 Å². The van der Waals surface area contributed by atoms with Crippen molar-refractivity contribution in [2.75, 3.05) is 13.1 Å². The van der Waals surface area contributed by atoms with Crippen LogP contribution in [0, 0.1) is 5.92 Å². The standard InChI is InChI=1S/C17H26Cl2N2/c1-5-12(2)16-10-21(17(3,4)11-20-16)9-13-8-14(18)6-7-15(13)19/h6-8,12,16,20H,5,9-11H2,1-4H3. The third-order valence-corrected chi connectivity index (χ3v) is 5.37. The van der Waals surface area contributed by atoms with Crippen molar-refractivity contribution < 1.29 is 0 Å². The second kappa shape index (κ2) is 6.87. The zero-order valence-electron chi connectivity index (χ0n) is 13.4. The summed E-state index contributed by atoms with van der Waals surface area (Å²) in [4.78, 5) is 2.53. The minimum absolute atomic E-state index is 0.121. The molecule has 4 heteroatoms. The van der Waals surface area contributed by atoms with Gasteiger partial charge in [-0.2, -0.15) is 0 Å². The Kier molecular flexibility index (Phi) is 5.59. The summed E-state index contributed by atoms with van der Waals surface area (Å²) in [7, 11) is 0. The topological polar surface area (TPSA) is 15.3 Å². The summed E-state index contributed by atoms with van der Waals surface area (Å²) in [6.07, 6.45) is 1.20. The summed E-state index contributed by atoms with van der Waals surface area (Å²) in [6.45, 7) is 12.0. The number of benzene rings is 1. The van der Waals surface area contributed by atoms with Crippen LogP contribution in [0.2, 0.25) is 10.0 Å². The number of halogens is 2. The van der Waals surface area contributed by atoms with Crippen LogP contribution in [0.1, 0.15) is 39.7 Å². The van der Waals surface area contributed by atoms with E-state index in [0.29, 0.717) is 12.0 Å². The van der Waals surface area contributed by atoms with E-state index < -0.39 is 0 Å². The van der Waals surface area contributed by atoms with E-state index in [1.54, 1.807) is 0 Å². The average Bonchev–Trinajstić information content (AvgIpc) is 2.44. The zero-order chi connectivity index (χ0) is 15.6. The fourth-order valence-electron chi connectivity index (χ4n) is 2.86. The maximum Gasteiger partial charge on any atom is 0.0452 e. The third kappa shape index (κ3) is 4.13. The Bertz CT molecular complexity index is 488. The van der Waals surface area contributed by atoms with Crippen LogP contribution in [0.5, 0.6) is 0 Å². The van der Waals surface area contributed by atoms with E-state index in [1.807, 2.05) is 18.2 Å². The highest BCUT2D eigenvalue weighted by atomic mass is 35.5. The lowest BCUT2D eigenvalue weighted by molar-refractivity contribution is 0.0449. The predicted octanol–water partition coefficient (Wildman–Crippen LogP) is 4.59. The molecule has 0 spiro atoms. The number of hydrogen-bond donors (Lipinski definition) is 1. The van der Waals surface area contributed by atoms with Gasteiger partial charge >= 0.3 is 0 Å². The lowest BCUT2D eigenvalue weighted by Crippen LogP contribution is -2.62. The first-order valence-corrected chi connectivity index (χ1v) is 8.51. The molecule has 0 radical (unpaired) electrons. The first-order valence-electron chi connectivity index (χ1n) is 7.76. The van der Waals surface area contributed by atoms with Crippen molar-refractivity contribution >= 4 is 23.2 Å². The molecule has 21 heavy (non-hydrogen) atoms. The number of nitrogens with one attached hydrogen (secondary N) is 1. The lowest BCUT2D eigenvalue weighted by atomic mass is 9.90. The van der Waals surface area contributed by atoms with E-state index in [4.69, 9.17) is 23.2 Å². The first-order chi connectivity index (χ1) is 9.83. The summed E-state index contributed by atoms with van der Waals surface area (Å²) in [6, 6.07) is 6.26. The highest BCUT2D eigenvalue weighted by molar-refractivity contribution is 6.33. The monoisotopic (exact) mass is 328 g/mol. The highest BCUT2D eigenvalue weighted by Gasteiger charge is 2.35. The summed E-state index contributed by atoms with van der Waals surface area (Å²) in [5.74, 6) is 0.679. The number of hydrogen-bond acceptors (Lipinski definition) is 2. The van der Waals surface area contributed by atoms with Crippen molar-refractivity contribution in [3.63, 3.8) is 0 Å². The van der Waals surface area contributed by atoms with Gasteiger partial charge in [-0.3, -0.25) is 4.90 Å². The molecule has 1 aromatic rings. The van der Waals surface area contributed by atoms with Gasteiger partial charge in [0.25, 0.3) is 0 Å². The van der Waals surface area contributed by atoms with Gasteiger partial charge in [0.1, 0.15) is 0 Å². The molecule has 0 aliphatic carbocycles. The van der Waals surface area contributed by atoms with Gasteiger partial charge in [0, 0.05) is 41.3 Å². The van der Waals surface area contributed by atoms with Crippen molar-refractivity contribution in [1.82, 2.24) is 10.2 Å². The van der Waals surface area contributed by atoms with E-state index in [0.717, 1.165) is 35.2 Å². The van der Waals surface area contributed by atoms with Crippen LogP contribution in [0.15, 0.2) is 18.2 Å². The van der Waals surface area contributed by atoms with Crippen LogP contribution in [-0.4, -0.2) is 29.6 Å². The van der Waals surface area contributed by atoms with E-state index in [1.165, 1.54) is 6.42 Å². The Morgan fingerprint density at radius 2 is 2.10 bits per heavy atom. The van der Waals surface area contributed by atoms with Crippen LogP contribution in [0.3, 0.4) is 0 Å². The number of nitrogens with zero attached hydrogens (tertiary/aromatic N) is 1. The van der Waals surface area contributed by atoms with Gasteiger partial charge in [0.2, 0.25) is 0 Å². The second-order valence-electron chi connectivity index (χ2n) is 6.80. The molecule has 118 valence electrons. The normalized spacial score (nSPS) is 24.0. The molecule has 1 aliphatic rings. The largest absolute Gasteiger partial charge is 0.311 e. The SMILES string of the molecule is CCC(C)C1CN(Cc2cc(Cl)ccc2Cl)C(C)(C)CN1. The molecule has 1 fully saturated rings. The number of piperazine rings is 1. The van der Waals surface area contributed by atoms with E-state index in [-0.39, 0.29) is 5.54 Å². The molecule has 2 nitrogen and oxygen atoms in total. The Labute approximate surface area is 138 Å². The van der Waals surface area contributed by atoms with Crippen LogP contribution in [0.25, 0.3) is 0 Å². The molecule has 0 amide bonds. The quantitative estimate of drug-likeness (QED) is 0.869. The molecule has 0 aromatic heterocycles. The molecular formula is C17H26Cl2N2. The minimum atomic E-state index is 0.121. The van der Waals surface area contributed by atoms with Gasteiger partial charge in [-0.15, -0.1) is 0 Å². The van der Waals surface area contributed by atoms with Crippen LogP contribution in [-0.2, 0) is 6.54 Å². The van der Waals surface area contributed by atoms with Gasteiger partial charge in [-0.25, -0.2) is 0 Å². The van der Waals surface area contributed by atoms with Crippen LogP contribution < -0.4 is 5.32 Å².